The van der Waals surface area contributed by atoms with Crippen molar-refractivity contribution >= 4 is 39.9 Å². The van der Waals surface area contributed by atoms with Crippen molar-refractivity contribution in [1.82, 2.24) is 9.78 Å². The first kappa shape index (κ1) is 22.2. The summed E-state index contributed by atoms with van der Waals surface area (Å²) in [7, 11) is 0. The number of hydrogen-bond donors (Lipinski definition) is 2. The largest absolute Gasteiger partial charge is 0.452 e. The number of ether oxygens (including phenoxy) is 1. The second-order valence-electron chi connectivity index (χ2n) is 6.85. The standard InChI is InChI=1S/C21H21FN4O4S/c1-11-9-17(26(25-11)16-7-5-15(22)6-8-16)24-18(28)10-30-21(29)19-12(2)13(3)31-20(19)23-14(4)27/h5-9H,10H2,1-4H3,(H,23,27)(H,24,28). The van der Waals surface area contributed by atoms with Crippen LogP contribution in [0.2, 0.25) is 0 Å². The number of nitrogens with zero attached hydrogens (tertiary/aromatic N) is 2. The molecule has 0 aliphatic rings. The van der Waals surface area contributed by atoms with Gasteiger partial charge in [0.05, 0.1) is 16.9 Å². The zero-order valence-electron chi connectivity index (χ0n) is 17.4. The molecule has 0 unspecified atom stereocenters. The van der Waals surface area contributed by atoms with Gasteiger partial charge in [0.2, 0.25) is 5.91 Å². The minimum atomic E-state index is -0.705. The van der Waals surface area contributed by atoms with E-state index in [1.54, 1.807) is 19.9 Å². The molecule has 0 atom stereocenters. The van der Waals surface area contributed by atoms with Crippen molar-refractivity contribution in [3.05, 3.63) is 57.8 Å². The maximum absolute atomic E-state index is 13.2. The predicted molar refractivity (Wildman–Crippen MR) is 115 cm³/mol. The van der Waals surface area contributed by atoms with E-state index < -0.39 is 18.5 Å². The molecule has 162 valence electrons. The van der Waals surface area contributed by atoms with Crippen molar-refractivity contribution in [2.45, 2.75) is 27.7 Å². The van der Waals surface area contributed by atoms with Gasteiger partial charge in [-0.2, -0.15) is 5.10 Å². The number of esters is 1. The Morgan fingerprint density at radius 2 is 1.81 bits per heavy atom. The molecule has 0 fully saturated rings. The van der Waals surface area contributed by atoms with Crippen molar-refractivity contribution in [2.75, 3.05) is 17.2 Å². The molecule has 0 aliphatic carbocycles. The van der Waals surface area contributed by atoms with Crippen LogP contribution in [0.5, 0.6) is 0 Å². The van der Waals surface area contributed by atoms with Crippen LogP contribution >= 0.6 is 11.3 Å². The van der Waals surface area contributed by atoms with Crippen LogP contribution in [0.1, 0.15) is 33.4 Å². The Kier molecular flexibility index (Phi) is 6.50. The Morgan fingerprint density at radius 3 is 2.45 bits per heavy atom. The quantitative estimate of drug-likeness (QED) is 0.564. The van der Waals surface area contributed by atoms with Gasteiger partial charge in [-0.3, -0.25) is 9.59 Å². The average molecular weight is 444 g/mol. The lowest BCUT2D eigenvalue weighted by Gasteiger charge is -2.10. The van der Waals surface area contributed by atoms with Crippen LogP contribution in [0.3, 0.4) is 0 Å². The van der Waals surface area contributed by atoms with Gasteiger partial charge in [-0.15, -0.1) is 11.3 Å². The summed E-state index contributed by atoms with van der Waals surface area (Å²) < 4.78 is 19.8. The highest BCUT2D eigenvalue weighted by atomic mass is 32.1. The van der Waals surface area contributed by atoms with Gasteiger partial charge >= 0.3 is 5.97 Å². The van der Waals surface area contributed by atoms with Gasteiger partial charge in [0.25, 0.3) is 5.91 Å². The summed E-state index contributed by atoms with van der Waals surface area (Å²) in [6, 6.07) is 7.28. The SMILES string of the molecule is CC(=O)Nc1sc(C)c(C)c1C(=O)OCC(=O)Nc1cc(C)nn1-c1ccc(F)cc1. The fourth-order valence-electron chi connectivity index (χ4n) is 2.87. The Labute approximate surface area is 182 Å². The van der Waals surface area contributed by atoms with Crippen molar-refractivity contribution < 1.29 is 23.5 Å². The van der Waals surface area contributed by atoms with E-state index >= 15 is 0 Å². The Balaban J connectivity index is 1.70. The fraction of sp³-hybridized carbons (Fsp3) is 0.238. The Hall–Kier alpha value is -3.53. The molecular weight excluding hydrogens is 423 g/mol. The van der Waals surface area contributed by atoms with Crippen LogP contribution in [0.25, 0.3) is 5.69 Å². The van der Waals surface area contributed by atoms with E-state index in [-0.39, 0.29) is 17.3 Å². The molecule has 8 nitrogen and oxygen atoms in total. The molecule has 2 aromatic heterocycles. The van der Waals surface area contributed by atoms with Gasteiger partial charge in [0.1, 0.15) is 16.6 Å². The third-order valence-electron chi connectivity index (χ3n) is 4.38. The van der Waals surface area contributed by atoms with Gasteiger partial charge in [0.15, 0.2) is 6.61 Å². The Morgan fingerprint density at radius 1 is 1.13 bits per heavy atom. The third-order valence-corrected chi connectivity index (χ3v) is 5.51. The lowest BCUT2D eigenvalue weighted by Crippen LogP contribution is -2.23. The van der Waals surface area contributed by atoms with Gasteiger partial charge in [-0.05, 0) is 50.6 Å². The number of halogens is 1. The number of aryl methyl sites for hydroxylation is 2. The van der Waals surface area contributed by atoms with E-state index in [9.17, 15) is 18.8 Å². The smallest absolute Gasteiger partial charge is 0.341 e. The molecule has 0 saturated heterocycles. The summed E-state index contributed by atoms with van der Waals surface area (Å²) in [5, 5.41) is 9.94. The third kappa shape index (κ3) is 5.15. The van der Waals surface area contributed by atoms with E-state index in [2.05, 4.69) is 15.7 Å². The van der Waals surface area contributed by atoms with Crippen LogP contribution in [-0.2, 0) is 14.3 Å². The fourth-order valence-corrected chi connectivity index (χ4v) is 3.97. The van der Waals surface area contributed by atoms with Gasteiger partial charge < -0.3 is 15.4 Å². The minimum Gasteiger partial charge on any atom is -0.452 e. The molecule has 2 heterocycles. The van der Waals surface area contributed by atoms with Crippen LogP contribution < -0.4 is 10.6 Å². The molecule has 3 aromatic rings. The second kappa shape index (κ2) is 9.09. The molecule has 0 spiro atoms. The van der Waals surface area contributed by atoms with Crippen LogP contribution in [0, 0.1) is 26.6 Å². The number of rotatable bonds is 6. The number of hydrogen-bond acceptors (Lipinski definition) is 6. The van der Waals surface area contributed by atoms with Gasteiger partial charge in [-0.25, -0.2) is 13.9 Å². The highest BCUT2D eigenvalue weighted by Gasteiger charge is 2.22. The summed E-state index contributed by atoms with van der Waals surface area (Å²) in [6.45, 7) is 6.14. The number of aromatic nitrogens is 2. The van der Waals surface area contributed by atoms with E-state index in [1.165, 1.54) is 47.2 Å². The number of carbonyl (C=O) groups is 3. The zero-order chi connectivity index (χ0) is 22.7. The summed E-state index contributed by atoms with van der Waals surface area (Å²) in [5.74, 6) is -1.61. The first-order valence-electron chi connectivity index (χ1n) is 9.33. The predicted octanol–water partition coefficient (Wildman–Crippen LogP) is 3.75. The number of carbonyl (C=O) groups excluding carboxylic acids is 3. The lowest BCUT2D eigenvalue weighted by molar-refractivity contribution is -0.119. The molecule has 0 saturated carbocycles. The lowest BCUT2D eigenvalue weighted by atomic mass is 10.1. The molecule has 0 bridgehead atoms. The number of amides is 2. The first-order valence-corrected chi connectivity index (χ1v) is 10.1. The molecule has 0 radical (unpaired) electrons. The average Bonchev–Trinajstić information content (AvgIpc) is 3.19. The number of benzene rings is 1. The molecule has 2 amide bonds. The highest BCUT2D eigenvalue weighted by molar-refractivity contribution is 7.16. The van der Waals surface area contributed by atoms with E-state index in [0.29, 0.717) is 27.8 Å². The molecule has 31 heavy (non-hydrogen) atoms. The molecule has 2 N–H and O–H groups in total. The van der Waals surface area contributed by atoms with Crippen molar-refractivity contribution in [3.63, 3.8) is 0 Å². The summed E-state index contributed by atoms with van der Waals surface area (Å²) in [4.78, 5) is 37.2. The first-order chi connectivity index (χ1) is 14.7. The maximum atomic E-state index is 13.2. The molecular formula is C21H21FN4O4S. The monoisotopic (exact) mass is 444 g/mol. The topological polar surface area (TPSA) is 102 Å². The summed E-state index contributed by atoms with van der Waals surface area (Å²) >= 11 is 1.27. The number of anilines is 2. The van der Waals surface area contributed by atoms with E-state index in [4.69, 9.17) is 4.74 Å². The van der Waals surface area contributed by atoms with E-state index in [0.717, 1.165) is 4.88 Å². The maximum Gasteiger partial charge on any atom is 0.341 e. The molecule has 3 rings (SSSR count). The van der Waals surface area contributed by atoms with Crippen LogP contribution in [0.15, 0.2) is 30.3 Å². The minimum absolute atomic E-state index is 0.234. The number of nitrogens with one attached hydrogen (secondary N) is 2. The zero-order valence-corrected chi connectivity index (χ0v) is 18.2. The molecule has 1 aromatic carbocycles. The van der Waals surface area contributed by atoms with Crippen molar-refractivity contribution in [2.24, 2.45) is 0 Å². The van der Waals surface area contributed by atoms with Crippen molar-refractivity contribution in [1.29, 1.82) is 0 Å². The van der Waals surface area contributed by atoms with Gasteiger partial charge in [-0.1, -0.05) is 0 Å². The number of thiophene rings is 1. The van der Waals surface area contributed by atoms with Crippen LogP contribution in [0.4, 0.5) is 15.2 Å². The highest BCUT2D eigenvalue weighted by Crippen LogP contribution is 2.33. The second-order valence-corrected chi connectivity index (χ2v) is 8.08. The molecule has 10 heteroatoms. The van der Waals surface area contributed by atoms with Crippen molar-refractivity contribution in [3.8, 4) is 5.69 Å². The normalized spacial score (nSPS) is 10.6. The van der Waals surface area contributed by atoms with Crippen LogP contribution in [-0.4, -0.2) is 34.2 Å². The molecule has 0 aliphatic heterocycles. The summed E-state index contributed by atoms with van der Waals surface area (Å²) in [5.41, 5.74) is 2.12. The van der Waals surface area contributed by atoms with Gasteiger partial charge in [0, 0.05) is 17.9 Å². The van der Waals surface area contributed by atoms with E-state index in [1.807, 2.05) is 6.92 Å². The summed E-state index contributed by atoms with van der Waals surface area (Å²) in [6.07, 6.45) is 0. The Bertz CT molecular complexity index is 1150.